The Labute approximate surface area is 125 Å². The summed E-state index contributed by atoms with van der Waals surface area (Å²) in [5.41, 5.74) is -0.374. The molecular formula is C14H26N2O3S. The smallest absolute Gasteiger partial charge is 0.320 e. The van der Waals surface area contributed by atoms with Gasteiger partial charge < -0.3 is 14.9 Å². The Kier molecular flexibility index (Phi) is 5.35. The van der Waals surface area contributed by atoms with Crippen LogP contribution in [0.2, 0.25) is 0 Å². The molecule has 1 rings (SSSR count). The molecule has 0 saturated carbocycles. The molecule has 0 aromatic carbocycles. The molecule has 0 unspecified atom stereocenters. The van der Waals surface area contributed by atoms with Crippen molar-refractivity contribution >= 4 is 23.8 Å². The third-order valence-electron chi connectivity index (χ3n) is 3.29. The summed E-state index contributed by atoms with van der Waals surface area (Å²) in [6.45, 7) is 11.8. The molecule has 0 spiro atoms. The zero-order valence-corrected chi connectivity index (χ0v) is 13.9. The number of carboxylic acid groups (broad SMARTS) is 1. The number of urea groups is 1. The lowest BCUT2D eigenvalue weighted by Crippen LogP contribution is -2.56. The van der Waals surface area contributed by atoms with E-state index in [0.717, 1.165) is 12.3 Å². The molecule has 0 radical (unpaired) electrons. The zero-order chi connectivity index (χ0) is 15.6. The Morgan fingerprint density at radius 3 is 2.40 bits per heavy atom. The van der Waals surface area contributed by atoms with Gasteiger partial charge in [-0.2, -0.15) is 11.8 Å². The van der Waals surface area contributed by atoms with Crippen LogP contribution < -0.4 is 0 Å². The highest BCUT2D eigenvalue weighted by Gasteiger charge is 2.35. The van der Waals surface area contributed by atoms with Crippen LogP contribution in [0.25, 0.3) is 0 Å². The summed E-state index contributed by atoms with van der Waals surface area (Å²) in [5.74, 6) is 0.0527. The molecule has 20 heavy (non-hydrogen) atoms. The predicted molar refractivity (Wildman–Crippen MR) is 82.2 cm³/mol. The van der Waals surface area contributed by atoms with Gasteiger partial charge in [-0.05, 0) is 34.6 Å². The molecule has 5 nitrogen and oxygen atoms in total. The molecule has 0 bridgehead atoms. The van der Waals surface area contributed by atoms with Crippen LogP contribution in [-0.2, 0) is 4.79 Å². The highest BCUT2D eigenvalue weighted by molar-refractivity contribution is 8.00. The molecule has 116 valence electrons. The van der Waals surface area contributed by atoms with Crippen molar-refractivity contribution in [3.8, 4) is 0 Å². The van der Waals surface area contributed by atoms with Crippen LogP contribution in [-0.4, -0.2) is 62.6 Å². The molecule has 0 aromatic rings. The van der Waals surface area contributed by atoms with Gasteiger partial charge in [0.1, 0.15) is 0 Å². The Balaban J connectivity index is 2.79. The number of carboxylic acids is 1. The quantitative estimate of drug-likeness (QED) is 0.870. The predicted octanol–water partition coefficient (Wildman–Crippen LogP) is 2.51. The molecule has 1 aliphatic heterocycles. The van der Waals surface area contributed by atoms with Gasteiger partial charge in [-0.25, -0.2) is 4.79 Å². The lowest BCUT2D eigenvalue weighted by atomic mass is 10.1. The fraction of sp³-hybridized carbons (Fsp3) is 0.857. The van der Waals surface area contributed by atoms with Crippen LogP contribution in [0.15, 0.2) is 0 Å². The van der Waals surface area contributed by atoms with Crippen LogP contribution in [0, 0.1) is 0 Å². The van der Waals surface area contributed by atoms with E-state index in [0.29, 0.717) is 6.54 Å². The van der Waals surface area contributed by atoms with Crippen molar-refractivity contribution < 1.29 is 14.7 Å². The van der Waals surface area contributed by atoms with Gasteiger partial charge in [-0.1, -0.05) is 0 Å². The SMILES string of the molecule is CC1(C)CN(C(=O)N(CCC(=O)O)C(C)(C)C)CCS1. The van der Waals surface area contributed by atoms with E-state index in [1.165, 1.54) is 0 Å². The summed E-state index contributed by atoms with van der Waals surface area (Å²) in [6.07, 6.45) is -0.0189. The lowest BCUT2D eigenvalue weighted by molar-refractivity contribution is -0.137. The first kappa shape index (κ1) is 17.1. The summed E-state index contributed by atoms with van der Waals surface area (Å²) in [4.78, 5) is 27.0. The van der Waals surface area contributed by atoms with Crippen molar-refractivity contribution in [2.45, 2.75) is 51.3 Å². The van der Waals surface area contributed by atoms with Gasteiger partial charge >= 0.3 is 12.0 Å². The summed E-state index contributed by atoms with van der Waals surface area (Å²) >= 11 is 1.87. The van der Waals surface area contributed by atoms with Gasteiger partial charge in [0, 0.05) is 35.7 Å². The highest BCUT2D eigenvalue weighted by atomic mass is 32.2. The molecule has 0 atom stereocenters. The van der Waals surface area contributed by atoms with E-state index in [1.807, 2.05) is 37.4 Å². The van der Waals surface area contributed by atoms with Crippen LogP contribution in [0.4, 0.5) is 4.79 Å². The van der Waals surface area contributed by atoms with Crippen LogP contribution in [0.1, 0.15) is 41.0 Å². The molecule has 1 fully saturated rings. The van der Waals surface area contributed by atoms with Crippen LogP contribution >= 0.6 is 11.8 Å². The van der Waals surface area contributed by atoms with Gasteiger partial charge in [-0.15, -0.1) is 0 Å². The average Bonchev–Trinajstić information content (AvgIpc) is 2.25. The molecule has 1 aliphatic rings. The largest absolute Gasteiger partial charge is 0.481 e. The lowest BCUT2D eigenvalue weighted by Gasteiger charge is -2.43. The molecule has 0 aliphatic carbocycles. The van der Waals surface area contributed by atoms with Gasteiger partial charge in [0.15, 0.2) is 0 Å². The fourth-order valence-corrected chi connectivity index (χ4v) is 3.39. The molecule has 6 heteroatoms. The normalized spacial score (nSPS) is 18.8. The van der Waals surface area contributed by atoms with Gasteiger partial charge in [-0.3, -0.25) is 4.79 Å². The van der Waals surface area contributed by atoms with E-state index < -0.39 is 5.97 Å². The zero-order valence-electron chi connectivity index (χ0n) is 13.1. The van der Waals surface area contributed by atoms with E-state index in [1.54, 1.807) is 4.90 Å². The van der Waals surface area contributed by atoms with Crippen molar-refractivity contribution in [1.29, 1.82) is 0 Å². The third kappa shape index (κ3) is 4.89. The van der Waals surface area contributed by atoms with Crippen LogP contribution in [0.5, 0.6) is 0 Å². The third-order valence-corrected chi connectivity index (χ3v) is 4.58. The van der Waals surface area contributed by atoms with E-state index in [9.17, 15) is 9.59 Å². The molecule has 2 amide bonds. The highest BCUT2D eigenvalue weighted by Crippen LogP contribution is 2.30. The molecule has 1 N–H and O–H groups in total. The number of hydrogen-bond acceptors (Lipinski definition) is 3. The second-order valence-electron chi connectivity index (χ2n) is 6.78. The Bertz CT molecular complexity index is 377. The number of nitrogens with zero attached hydrogens (tertiary/aromatic N) is 2. The summed E-state index contributed by atoms with van der Waals surface area (Å²) in [5, 5.41) is 8.85. The summed E-state index contributed by atoms with van der Waals surface area (Å²) in [7, 11) is 0. The van der Waals surface area contributed by atoms with E-state index in [4.69, 9.17) is 5.11 Å². The minimum Gasteiger partial charge on any atom is -0.481 e. The number of hydrogen-bond donors (Lipinski definition) is 1. The van der Waals surface area contributed by atoms with Gasteiger partial charge in [0.2, 0.25) is 0 Å². The van der Waals surface area contributed by atoms with E-state index in [2.05, 4.69) is 13.8 Å². The Morgan fingerprint density at radius 1 is 1.35 bits per heavy atom. The summed E-state index contributed by atoms with van der Waals surface area (Å²) in [6, 6.07) is -0.0490. The van der Waals surface area contributed by atoms with E-state index in [-0.39, 0.29) is 29.3 Å². The van der Waals surface area contributed by atoms with Gasteiger partial charge in [0.25, 0.3) is 0 Å². The Hall–Kier alpha value is -0.910. The summed E-state index contributed by atoms with van der Waals surface area (Å²) < 4.78 is 0.0598. The van der Waals surface area contributed by atoms with Crippen molar-refractivity contribution in [3.05, 3.63) is 0 Å². The maximum Gasteiger partial charge on any atom is 0.320 e. The average molecular weight is 302 g/mol. The maximum absolute atomic E-state index is 12.7. The first-order valence-electron chi connectivity index (χ1n) is 6.95. The monoisotopic (exact) mass is 302 g/mol. The van der Waals surface area contributed by atoms with Crippen molar-refractivity contribution in [2.24, 2.45) is 0 Å². The molecule has 1 saturated heterocycles. The number of carbonyl (C=O) groups excluding carboxylic acids is 1. The first-order valence-corrected chi connectivity index (χ1v) is 7.94. The number of carbonyl (C=O) groups is 2. The standard InChI is InChI=1S/C14H26N2O3S/c1-13(2,3)16(7-6-11(17)18)12(19)15-8-9-20-14(4,5)10-15/h6-10H2,1-5H3,(H,17,18). The second kappa shape index (κ2) is 6.24. The van der Waals surface area contributed by atoms with Crippen LogP contribution in [0.3, 0.4) is 0 Å². The number of amides is 2. The Morgan fingerprint density at radius 2 is 1.95 bits per heavy atom. The topological polar surface area (TPSA) is 60.9 Å². The maximum atomic E-state index is 12.7. The fourth-order valence-electron chi connectivity index (χ4n) is 2.28. The molecular weight excluding hydrogens is 276 g/mol. The van der Waals surface area contributed by atoms with E-state index >= 15 is 0 Å². The number of thioether (sulfide) groups is 1. The first-order chi connectivity index (χ1) is 9.03. The van der Waals surface area contributed by atoms with Crippen molar-refractivity contribution in [2.75, 3.05) is 25.4 Å². The second-order valence-corrected chi connectivity index (χ2v) is 8.58. The van der Waals surface area contributed by atoms with Crippen molar-refractivity contribution in [1.82, 2.24) is 9.80 Å². The molecule has 0 aromatic heterocycles. The minimum atomic E-state index is -0.874. The minimum absolute atomic E-state index is 0.0189. The number of aliphatic carboxylic acids is 1. The molecule has 1 heterocycles. The van der Waals surface area contributed by atoms with Gasteiger partial charge in [0.05, 0.1) is 6.42 Å². The van der Waals surface area contributed by atoms with Crippen molar-refractivity contribution in [3.63, 3.8) is 0 Å². The number of rotatable bonds is 3.